The zero-order valence-electron chi connectivity index (χ0n) is 10.1. The van der Waals surface area contributed by atoms with Crippen LogP contribution in [-0.2, 0) is 0 Å². The summed E-state index contributed by atoms with van der Waals surface area (Å²) in [6.45, 7) is 3.22. The van der Waals surface area contributed by atoms with E-state index in [1.165, 1.54) is 0 Å². The molecule has 0 saturated carbocycles. The molecule has 1 aromatic carbocycles. The highest BCUT2D eigenvalue weighted by molar-refractivity contribution is 6.08. The van der Waals surface area contributed by atoms with Crippen LogP contribution in [0, 0.1) is 0 Å². The number of hydrogen-bond acceptors (Lipinski definition) is 4. The Morgan fingerprint density at radius 2 is 2.33 bits per heavy atom. The van der Waals surface area contributed by atoms with E-state index in [2.05, 4.69) is 20.6 Å². The van der Waals surface area contributed by atoms with Crippen molar-refractivity contribution in [3.05, 3.63) is 30.0 Å². The van der Waals surface area contributed by atoms with Gasteiger partial charge in [-0.3, -0.25) is 9.79 Å². The van der Waals surface area contributed by atoms with E-state index in [1.807, 2.05) is 24.4 Å². The number of aromatic amines is 1. The minimum atomic E-state index is 0.0485. The van der Waals surface area contributed by atoms with Crippen LogP contribution in [0.4, 0.5) is 5.69 Å². The number of guanidine groups is 1. The minimum absolute atomic E-state index is 0.0485. The highest BCUT2D eigenvalue weighted by Crippen LogP contribution is 2.23. The zero-order chi connectivity index (χ0) is 12.5. The molecule has 92 valence electrons. The molecule has 0 unspecified atom stereocenters. The van der Waals surface area contributed by atoms with Crippen LogP contribution in [0.15, 0.2) is 29.4 Å². The summed E-state index contributed by atoms with van der Waals surface area (Å²) in [4.78, 5) is 19.0. The maximum atomic E-state index is 11.7. The van der Waals surface area contributed by atoms with Crippen molar-refractivity contribution in [1.29, 1.82) is 0 Å². The van der Waals surface area contributed by atoms with Crippen molar-refractivity contribution < 1.29 is 4.79 Å². The first-order chi connectivity index (χ1) is 8.74. The van der Waals surface area contributed by atoms with Gasteiger partial charge in [-0.15, -0.1) is 0 Å². The van der Waals surface area contributed by atoms with Crippen LogP contribution in [0.5, 0.6) is 0 Å². The molecule has 3 rings (SSSR count). The third-order valence-electron chi connectivity index (χ3n) is 2.98. The van der Waals surface area contributed by atoms with Crippen molar-refractivity contribution in [2.75, 3.05) is 18.4 Å². The fourth-order valence-electron chi connectivity index (χ4n) is 2.14. The number of Topliss-reactive ketones (excluding diaryl/α,β-unsaturated/α-hetero) is 1. The van der Waals surface area contributed by atoms with Gasteiger partial charge in [0.2, 0.25) is 0 Å². The first kappa shape index (κ1) is 10.8. The lowest BCUT2D eigenvalue weighted by atomic mass is 10.1. The lowest BCUT2D eigenvalue weighted by Gasteiger charge is -2.08. The predicted octanol–water partition coefficient (Wildman–Crippen LogP) is 1.74. The van der Waals surface area contributed by atoms with E-state index in [9.17, 15) is 4.79 Å². The van der Waals surface area contributed by atoms with Gasteiger partial charge in [0.15, 0.2) is 11.7 Å². The number of benzene rings is 1. The van der Waals surface area contributed by atoms with Crippen LogP contribution < -0.4 is 10.6 Å². The van der Waals surface area contributed by atoms with Gasteiger partial charge in [-0.25, -0.2) is 0 Å². The molecule has 5 nitrogen and oxygen atoms in total. The molecule has 18 heavy (non-hydrogen) atoms. The van der Waals surface area contributed by atoms with Gasteiger partial charge in [-0.05, 0) is 25.1 Å². The lowest BCUT2D eigenvalue weighted by Crippen LogP contribution is -2.26. The number of ketones is 1. The Hall–Kier alpha value is -2.30. The number of rotatable bonds is 2. The van der Waals surface area contributed by atoms with Crippen molar-refractivity contribution in [3.63, 3.8) is 0 Å². The SMILES string of the molecule is CC(=O)c1cc(NC2=NCCN2)cc2cc[nH]c12. The number of H-pyrrole nitrogens is 1. The van der Waals surface area contributed by atoms with Crippen molar-refractivity contribution >= 4 is 28.3 Å². The van der Waals surface area contributed by atoms with E-state index in [0.717, 1.165) is 35.6 Å². The number of aliphatic imine (C=N–C) groups is 1. The van der Waals surface area contributed by atoms with Crippen LogP contribution in [0.3, 0.4) is 0 Å². The highest BCUT2D eigenvalue weighted by Gasteiger charge is 2.11. The molecule has 2 aromatic rings. The molecule has 0 saturated heterocycles. The van der Waals surface area contributed by atoms with Crippen molar-refractivity contribution in [2.24, 2.45) is 4.99 Å². The number of carbonyl (C=O) groups is 1. The second-order valence-corrected chi connectivity index (χ2v) is 4.30. The van der Waals surface area contributed by atoms with Crippen molar-refractivity contribution in [1.82, 2.24) is 10.3 Å². The predicted molar refractivity (Wildman–Crippen MR) is 72.2 cm³/mol. The Bertz CT molecular complexity index is 641. The molecule has 0 radical (unpaired) electrons. The van der Waals surface area contributed by atoms with Crippen LogP contribution in [0.25, 0.3) is 10.9 Å². The minimum Gasteiger partial charge on any atom is -0.361 e. The van der Waals surface area contributed by atoms with E-state index >= 15 is 0 Å². The highest BCUT2D eigenvalue weighted by atomic mass is 16.1. The number of carbonyl (C=O) groups excluding carboxylic acids is 1. The summed E-state index contributed by atoms with van der Waals surface area (Å²) in [5.41, 5.74) is 2.45. The van der Waals surface area contributed by atoms with Gasteiger partial charge in [0, 0.05) is 29.4 Å². The van der Waals surface area contributed by atoms with E-state index in [1.54, 1.807) is 6.92 Å². The molecular formula is C13H14N4O. The lowest BCUT2D eigenvalue weighted by molar-refractivity contribution is 0.101. The normalized spacial score (nSPS) is 14.4. The van der Waals surface area contributed by atoms with Crippen molar-refractivity contribution in [2.45, 2.75) is 6.92 Å². The Kier molecular flexibility index (Phi) is 2.51. The Morgan fingerprint density at radius 1 is 1.44 bits per heavy atom. The number of anilines is 1. The number of hydrogen-bond donors (Lipinski definition) is 3. The van der Waals surface area contributed by atoms with Gasteiger partial charge in [0.1, 0.15) is 0 Å². The summed E-state index contributed by atoms with van der Waals surface area (Å²) in [7, 11) is 0. The number of nitrogens with zero attached hydrogens (tertiary/aromatic N) is 1. The molecule has 0 spiro atoms. The molecule has 0 aliphatic carbocycles. The van der Waals surface area contributed by atoms with E-state index in [-0.39, 0.29) is 5.78 Å². The third kappa shape index (κ3) is 1.84. The summed E-state index contributed by atoms with van der Waals surface area (Å²) >= 11 is 0. The first-order valence-corrected chi connectivity index (χ1v) is 5.91. The average molecular weight is 242 g/mol. The second kappa shape index (κ2) is 4.18. The van der Waals surface area contributed by atoms with Gasteiger partial charge in [-0.2, -0.15) is 0 Å². The second-order valence-electron chi connectivity index (χ2n) is 4.30. The maximum absolute atomic E-state index is 11.7. The molecule has 0 fully saturated rings. The molecule has 5 heteroatoms. The number of aromatic nitrogens is 1. The van der Waals surface area contributed by atoms with Crippen LogP contribution in [0.1, 0.15) is 17.3 Å². The molecule has 1 aliphatic heterocycles. The third-order valence-corrected chi connectivity index (χ3v) is 2.98. The van der Waals surface area contributed by atoms with E-state index in [0.29, 0.717) is 5.56 Å². The first-order valence-electron chi connectivity index (χ1n) is 5.91. The zero-order valence-corrected chi connectivity index (χ0v) is 10.1. The Morgan fingerprint density at radius 3 is 3.06 bits per heavy atom. The Labute approximate surface area is 104 Å². The van der Waals surface area contributed by atoms with Crippen LogP contribution in [0.2, 0.25) is 0 Å². The van der Waals surface area contributed by atoms with Gasteiger partial charge in [0.05, 0.1) is 12.1 Å². The van der Waals surface area contributed by atoms with Gasteiger partial charge in [0.25, 0.3) is 0 Å². The summed E-state index contributed by atoms with van der Waals surface area (Å²) in [6, 6.07) is 5.81. The molecule has 0 bridgehead atoms. The maximum Gasteiger partial charge on any atom is 0.195 e. The largest absolute Gasteiger partial charge is 0.361 e. The average Bonchev–Trinajstić information content (AvgIpc) is 2.98. The Balaban J connectivity index is 2.04. The van der Waals surface area contributed by atoms with Crippen LogP contribution >= 0.6 is 0 Å². The van der Waals surface area contributed by atoms with Crippen molar-refractivity contribution in [3.8, 4) is 0 Å². The van der Waals surface area contributed by atoms with Gasteiger partial charge >= 0.3 is 0 Å². The fraction of sp³-hybridized carbons (Fsp3) is 0.231. The summed E-state index contributed by atoms with van der Waals surface area (Å²) < 4.78 is 0. The monoisotopic (exact) mass is 242 g/mol. The number of fused-ring (bicyclic) bond motifs is 1. The molecule has 3 N–H and O–H groups in total. The van der Waals surface area contributed by atoms with Gasteiger partial charge < -0.3 is 15.6 Å². The number of nitrogens with one attached hydrogen (secondary N) is 3. The van der Waals surface area contributed by atoms with Crippen LogP contribution in [-0.4, -0.2) is 29.8 Å². The topological polar surface area (TPSA) is 69.3 Å². The van der Waals surface area contributed by atoms with E-state index in [4.69, 9.17) is 0 Å². The molecule has 0 amide bonds. The van der Waals surface area contributed by atoms with Gasteiger partial charge in [-0.1, -0.05) is 0 Å². The van der Waals surface area contributed by atoms with E-state index < -0.39 is 0 Å². The standard InChI is InChI=1S/C13H14N4O/c1-8(18)11-7-10(17-13-15-4-5-16-13)6-9-2-3-14-12(9)11/h2-3,6-7,14H,4-5H2,1H3,(H2,15,16,17). The summed E-state index contributed by atoms with van der Waals surface area (Å²) in [6.07, 6.45) is 1.84. The molecule has 1 aromatic heterocycles. The molecule has 2 heterocycles. The summed E-state index contributed by atoms with van der Waals surface area (Å²) in [5, 5.41) is 7.35. The summed E-state index contributed by atoms with van der Waals surface area (Å²) in [5.74, 6) is 0.812. The smallest absolute Gasteiger partial charge is 0.195 e. The molecule has 1 aliphatic rings. The molecular weight excluding hydrogens is 228 g/mol. The molecule has 0 atom stereocenters. The fourth-order valence-corrected chi connectivity index (χ4v) is 2.14. The quantitative estimate of drug-likeness (QED) is 0.703.